The Morgan fingerprint density at radius 3 is 2.65 bits per heavy atom. The minimum atomic E-state index is -0.453. The molecule has 0 bridgehead atoms. The van der Waals surface area contributed by atoms with Crippen LogP contribution in [0.4, 0.5) is 4.39 Å². The number of methoxy groups -OCH3 is 1. The molecule has 0 aliphatic heterocycles. The molecule has 104 valence electrons. The first kappa shape index (κ1) is 14.1. The summed E-state index contributed by atoms with van der Waals surface area (Å²) in [5.41, 5.74) is 2.01. The van der Waals surface area contributed by atoms with Crippen LogP contribution in [0.25, 0.3) is 0 Å². The standard InChI is InChI=1S/C15H15FN2O2/c1-20-15(19)14-4-2-3-13(18-14)10-17-9-11-5-7-12(16)8-6-11/h2-8,17H,9-10H2,1H3. The van der Waals surface area contributed by atoms with E-state index in [4.69, 9.17) is 0 Å². The van der Waals surface area contributed by atoms with E-state index in [9.17, 15) is 9.18 Å². The highest BCUT2D eigenvalue weighted by Crippen LogP contribution is 2.04. The van der Waals surface area contributed by atoms with Gasteiger partial charge >= 0.3 is 5.97 Å². The molecule has 1 N–H and O–H groups in total. The van der Waals surface area contributed by atoms with Gasteiger partial charge in [0, 0.05) is 13.1 Å². The van der Waals surface area contributed by atoms with Crippen LogP contribution in [0.3, 0.4) is 0 Å². The second-order valence-corrected chi connectivity index (χ2v) is 4.24. The predicted molar refractivity (Wildman–Crippen MR) is 72.5 cm³/mol. The van der Waals surface area contributed by atoms with Crippen LogP contribution in [-0.2, 0) is 17.8 Å². The summed E-state index contributed by atoms with van der Waals surface area (Å²) in [5.74, 6) is -0.702. The summed E-state index contributed by atoms with van der Waals surface area (Å²) in [6.07, 6.45) is 0. The summed E-state index contributed by atoms with van der Waals surface area (Å²) in [6.45, 7) is 1.12. The second-order valence-electron chi connectivity index (χ2n) is 4.24. The molecular weight excluding hydrogens is 259 g/mol. The highest BCUT2D eigenvalue weighted by atomic mass is 19.1. The average Bonchev–Trinajstić information content (AvgIpc) is 2.49. The van der Waals surface area contributed by atoms with Gasteiger partial charge in [0.05, 0.1) is 12.8 Å². The summed E-state index contributed by atoms with van der Waals surface area (Å²) in [7, 11) is 1.32. The average molecular weight is 274 g/mol. The Morgan fingerprint density at radius 1 is 1.20 bits per heavy atom. The molecule has 0 radical (unpaired) electrons. The van der Waals surface area contributed by atoms with E-state index in [1.807, 2.05) is 6.07 Å². The van der Waals surface area contributed by atoms with Gasteiger partial charge in [0.1, 0.15) is 11.5 Å². The lowest BCUT2D eigenvalue weighted by molar-refractivity contribution is 0.0593. The number of aromatic nitrogens is 1. The lowest BCUT2D eigenvalue weighted by Crippen LogP contribution is -2.15. The van der Waals surface area contributed by atoms with Crippen molar-refractivity contribution in [1.82, 2.24) is 10.3 Å². The van der Waals surface area contributed by atoms with Crippen molar-refractivity contribution in [1.29, 1.82) is 0 Å². The van der Waals surface area contributed by atoms with Crippen LogP contribution in [0.5, 0.6) is 0 Å². The van der Waals surface area contributed by atoms with Crippen molar-refractivity contribution in [3.05, 3.63) is 65.2 Å². The van der Waals surface area contributed by atoms with Crippen LogP contribution >= 0.6 is 0 Å². The van der Waals surface area contributed by atoms with Crippen LogP contribution in [0, 0.1) is 5.82 Å². The van der Waals surface area contributed by atoms with E-state index in [2.05, 4.69) is 15.0 Å². The Morgan fingerprint density at radius 2 is 1.95 bits per heavy atom. The SMILES string of the molecule is COC(=O)c1cccc(CNCc2ccc(F)cc2)n1. The summed E-state index contributed by atoms with van der Waals surface area (Å²) < 4.78 is 17.4. The molecule has 20 heavy (non-hydrogen) atoms. The van der Waals surface area contributed by atoms with E-state index in [0.29, 0.717) is 13.1 Å². The van der Waals surface area contributed by atoms with Crippen molar-refractivity contribution in [3.8, 4) is 0 Å². The third-order valence-corrected chi connectivity index (χ3v) is 2.75. The van der Waals surface area contributed by atoms with Crippen molar-refractivity contribution in [2.45, 2.75) is 13.1 Å². The molecule has 4 nitrogen and oxygen atoms in total. The first-order chi connectivity index (χ1) is 9.69. The van der Waals surface area contributed by atoms with Gasteiger partial charge in [-0.2, -0.15) is 0 Å². The van der Waals surface area contributed by atoms with Crippen molar-refractivity contribution in [2.75, 3.05) is 7.11 Å². The fraction of sp³-hybridized carbons (Fsp3) is 0.200. The van der Waals surface area contributed by atoms with Gasteiger partial charge in [0.2, 0.25) is 0 Å². The molecule has 1 heterocycles. The predicted octanol–water partition coefficient (Wildman–Crippen LogP) is 2.30. The number of ether oxygens (including phenoxy) is 1. The third kappa shape index (κ3) is 3.86. The molecule has 0 aliphatic carbocycles. The zero-order valence-electron chi connectivity index (χ0n) is 11.1. The molecule has 2 rings (SSSR count). The van der Waals surface area contributed by atoms with Gasteiger partial charge in [-0.15, -0.1) is 0 Å². The molecule has 0 aliphatic rings. The first-order valence-corrected chi connectivity index (χ1v) is 6.18. The first-order valence-electron chi connectivity index (χ1n) is 6.18. The normalized spacial score (nSPS) is 10.3. The van der Waals surface area contributed by atoms with Gasteiger partial charge in [-0.1, -0.05) is 18.2 Å². The Balaban J connectivity index is 1.91. The molecule has 0 saturated carbocycles. The van der Waals surface area contributed by atoms with E-state index >= 15 is 0 Å². The lowest BCUT2D eigenvalue weighted by Gasteiger charge is -2.06. The second kappa shape index (κ2) is 6.77. The fourth-order valence-corrected chi connectivity index (χ4v) is 1.73. The van der Waals surface area contributed by atoms with Gasteiger partial charge in [-0.25, -0.2) is 14.2 Å². The minimum absolute atomic E-state index is 0.249. The number of hydrogen-bond donors (Lipinski definition) is 1. The van der Waals surface area contributed by atoms with Gasteiger partial charge in [-0.3, -0.25) is 0 Å². The molecule has 0 atom stereocenters. The van der Waals surface area contributed by atoms with E-state index < -0.39 is 5.97 Å². The molecular formula is C15H15FN2O2. The Labute approximate surface area is 116 Å². The Bertz CT molecular complexity index is 585. The minimum Gasteiger partial charge on any atom is -0.464 e. The molecule has 0 saturated heterocycles. The number of nitrogens with one attached hydrogen (secondary N) is 1. The van der Waals surface area contributed by atoms with E-state index in [0.717, 1.165) is 11.3 Å². The highest BCUT2D eigenvalue weighted by molar-refractivity contribution is 5.87. The summed E-state index contributed by atoms with van der Waals surface area (Å²) >= 11 is 0. The van der Waals surface area contributed by atoms with Crippen LogP contribution < -0.4 is 5.32 Å². The third-order valence-electron chi connectivity index (χ3n) is 2.75. The van der Waals surface area contributed by atoms with Gasteiger partial charge in [0.15, 0.2) is 0 Å². The Kier molecular flexibility index (Phi) is 4.79. The Hall–Kier alpha value is -2.27. The van der Waals surface area contributed by atoms with Crippen molar-refractivity contribution in [2.24, 2.45) is 0 Å². The van der Waals surface area contributed by atoms with Gasteiger partial charge in [0.25, 0.3) is 0 Å². The van der Waals surface area contributed by atoms with Crippen LogP contribution in [0.1, 0.15) is 21.7 Å². The zero-order chi connectivity index (χ0) is 14.4. The van der Waals surface area contributed by atoms with E-state index in [1.54, 1.807) is 24.3 Å². The van der Waals surface area contributed by atoms with Crippen LogP contribution in [0.15, 0.2) is 42.5 Å². The number of hydrogen-bond acceptors (Lipinski definition) is 4. The smallest absolute Gasteiger partial charge is 0.356 e. The van der Waals surface area contributed by atoms with Crippen LogP contribution in [-0.4, -0.2) is 18.1 Å². The molecule has 5 heteroatoms. The molecule has 1 aromatic heterocycles. The summed E-state index contributed by atoms with van der Waals surface area (Å²) in [5, 5.41) is 3.18. The van der Waals surface area contributed by atoms with Gasteiger partial charge < -0.3 is 10.1 Å². The quantitative estimate of drug-likeness (QED) is 0.850. The molecule has 1 aromatic carbocycles. The van der Waals surface area contributed by atoms with Crippen molar-refractivity contribution < 1.29 is 13.9 Å². The van der Waals surface area contributed by atoms with E-state index in [1.165, 1.54) is 19.2 Å². The van der Waals surface area contributed by atoms with Crippen molar-refractivity contribution >= 4 is 5.97 Å². The maximum atomic E-state index is 12.8. The van der Waals surface area contributed by atoms with E-state index in [-0.39, 0.29) is 11.5 Å². The number of carbonyl (C=O) groups excluding carboxylic acids is 1. The lowest BCUT2D eigenvalue weighted by atomic mass is 10.2. The molecule has 2 aromatic rings. The topological polar surface area (TPSA) is 51.2 Å². The largest absolute Gasteiger partial charge is 0.464 e. The maximum absolute atomic E-state index is 12.8. The van der Waals surface area contributed by atoms with Crippen molar-refractivity contribution in [3.63, 3.8) is 0 Å². The number of rotatable bonds is 5. The molecule has 0 spiro atoms. The molecule has 0 unspecified atom stereocenters. The van der Waals surface area contributed by atoms with Crippen LogP contribution in [0.2, 0.25) is 0 Å². The summed E-state index contributed by atoms with van der Waals surface area (Å²) in [4.78, 5) is 15.5. The maximum Gasteiger partial charge on any atom is 0.356 e. The zero-order valence-corrected chi connectivity index (χ0v) is 11.1. The number of halogens is 1. The highest BCUT2D eigenvalue weighted by Gasteiger charge is 2.07. The number of carbonyl (C=O) groups is 1. The molecule has 0 amide bonds. The number of esters is 1. The number of nitrogens with zero attached hydrogens (tertiary/aromatic N) is 1. The fourth-order valence-electron chi connectivity index (χ4n) is 1.73. The molecule has 0 fully saturated rings. The number of benzene rings is 1. The van der Waals surface area contributed by atoms with Gasteiger partial charge in [-0.05, 0) is 29.8 Å². The summed E-state index contributed by atoms with van der Waals surface area (Å²) in [6, 6.07) is 11.5. The number of pyridine rings is 1. The monoisotopic (exact) mass is 274 g/mol.